The fourth-order valence-corrected chi connectivity index (χ4v) is 2.77. The van der Waals surface area contributed by atoms with Gasteiger partial charge in [-0.05, 0) is 25.2 Å². The van der Waals surface area contributed by atoms with Crippen molar-refractivity contribution in [1.29, 1.82) is 0 Å². The molecule has 1 aliphatic heterocycles. The lowest BCUT2D eigenvalue weighted by Crippen LogP contribution is -2.26. The van der Waals surface area contributed by atoms with Crippen LogP contribution in [0.25, 0.3) is 0 Å². The first-order valence-corrected chi connectivity index (χ1v) is 7.56. The third-order valence-corrected chi connectivity index (χ3v) is 4.04. The second kappa shape index (κ2) is 7.43. The molecule has 1 saturated heterocycles. The molecule has 5 heteroatoms. The molecule has 0 aromatic carbocycles. The highest BCUT2D eigenvalue weighted by Crippen LogP contribution is 2.24. The van der Waals surface area contributed by atoms with Gasteiger partial charge in [0.05, 0.1) is 0 Å². The van der Waals surface area contributed by atoms with Crippen molar-refractivity contribution in [1.82, 2.24) is 9.97 Å². The summed E-state index contributed by atoms with van der Waals surface area (Å²) in [4.78, 5) is 11.4. The monoisotopic (exact) mass is 278 g/mol. The topological polar surface area (TPSA) is 50.3 Å². The highest BCUT2D eigenvalue weighted by Gasteiger charge is 2.18. The zero-order valence-corrected chi connectivity index (χ0v) is 12.9. The number of rotatable bonds is 5. The molecule has 0 saturated carbocycles. The molecule has 0 radical (unpaired) electrons. The number of hydrogen-bond donors (Lipinski definition) is 1. The van der Waals surface area contributed by atoms with E-state index in [-0.39, 0.29) is 0 Å². The van der Waals surface area contributed by atoms with Gasteiger partial charge >= 0.3 is 0 Å². The van der Waals surface area contributed by atoms with E-state index in [9.17, 15) is 0 Å². The first-order valence-electron chi connectivity index (χ1n) is 7.56. The van der Waals surface area contributed by atoms with Crippen molar-refractivity contribution in [2.75, 3.05) is 37.5 Å². The van der Waals surface area contributed by atoms with E-state index >= 15 is 0 Å². The van der Waals surface area contributed by atoms with Crippen LogP contribution in [0.5, 0.6) is 0 Å². The summed E-state index contributed by atoms with van der Waals surface area (Å²) in [5.41, 5.74) is 0. The van der Waals surface area contributed by atoms with Gasteiger partial charge in [0.15, 0.2) is 5.82 Å². The van der Waals surface area contributed by atoms with Gasteiger partial charge < -0.3 is 15.0 Å². The van der Waals surface area contributed by atoms with E-state index in [2.05, 4.69) is 27.1 Å². The number of nitrogens with one attached hydrogen (secondary N) is 1. The largest absolute Gasteiger partial charge is 0.377 e. The van der Waals surface area contributed by atoms with E-state index in [1.807, 2.05) is 13.1 Å². The minimum atomic E-state index is 0.452. The van der Waals surface area contributed by atoms with E-state index < -0.39 is 0 Å². The molecule has 0 bridgehead atoms. The molecule has 112 valence electrons. The number of nitrogens with zero attached hydrogens (tertiary/aromatic N) is 3. The Balaban J connectivity index is 2.15. The summed E-state index contributed by atoms with van der Waals surface area (Å²) < 4.78 is 5.16. The maximum atomic E-state index is 5.16. The molecule has 0 aliphatic carbocycles. The molecule has 1 aromatic heterocycles. The summed E-state index contributed by atoms with van der Waals surface area (Å²) in [6, 6.07) is 2.03. The Morgan fingerprint density at radius 2 is 2.20 bits per heavy atom. The Morgan fingerprint density at radius 3 is 2.90 bits per heavy atom. The zero-order valence-electron chi connectivity index (χ0n) is 12.9. The summed E-state index contributed by atoms with van der Waals surface area (Å²) in [6.07, 6.45) is 5.13. The maximum Gasteiger partial charge on any atom is 0.158 e. The van der Waals surface area contributed by atoms with Gasteiger partial charge in [-0.15, -0.1) is 0 Å². The van der Waals surface area contributed by atoms with Crippen LogP contribution in [0.1, 0.15) is 38.4 Å². The van der Waals surface area contributed by atoms with Crippen molar-refractivity contribution >= 4 is 11.6 Å². The first kappa shape index (κ1) is 15.0. The Bertz CT molecular complexity index is 424. The van der Waals surface area contributed by atoms with E-state index in [0.29, 0.717) is 6.61 Å². The molecule has 2 heterocycles. The second-order valence-electron chi connectivity index (χ2n) is 5.40. The Morgan fingerprint density at radius 1 is 1.35 bits per heavy atom. The molecule has 20 heavy (non-hydrogen) atoms. The fraction of sp³-hybridized carbons (Fsp3) is 0.733. The standard InChI is InChI=1S/C15H26N4O/c1-4-12-6-5-8-19(9-7-12)15-10-13(16-2)17-14(18-15)11-20-3/h10,12H,4-9,11H2,1-3H3,(H,16,17,18). The van der Waals surface area contributed by atoms with Gasteiger partial charge in [0.1, 0.15) is 18.2 Å². The molecule has 0 amide bonds. The number of methoxy groups -OCH3 is 1. The number of hydrogen-bond acceptors (Lipinski definition) is 5. The minimum absolute atomic E-state index is 0.452. The van der Waals surface area contributed by atoms with Crippen LogP contribution in [-0.2, 0) is 11.3 Å². The molecular weight excluding hydrogens is 252 g/mol. The normalized spacial score (nSPS) is 19.8. The number of ether oxygens (including phenoxy) is 1. The Kier molecular flexibility index (Phi) is 5.59. The molecule has 2 rings (SSSR count). The first-order chi connectivity index (χ1) is 9.76. The average Bonchev–Trinajstić information content (AvgIpc) is 2.72. The lowest BCUT2D eigenvalue weighted by molar-refractivity contribution is 0.178. The summed E-state index contributed by atoms with van der Waals surface area (Å²) in [6.45, 7) is 4.92. The lowest BCUT2D eigenvalue weighted by Gasteiger charge is -2.22. The van der Waals surface area contributed by atoms with E-state index in [1.165, 1.54) is 25.7 Å². The van der Waals surface area contributed by atoms with Crippen molar-refractivity contribution < 1.29 is 4.74 Å². The summed E-state index contributed by atoms with van der Waals surface area (Å²) >= 11 is 0. The van der Waals surface area contributed by atoms with Crippen molar-refractivity contribution in [3.63, 3.8) is 0 Å². The summed E-state index contributed by atoms with van der Waals surface area (Å²) in [5, 5.41) is 3.11. The van der Waals surface area contributed by atoms with Gasteiger partial charge in [-0.25, -0.2) is 9.97 Å². The van der Waals surface area contributed by atoms with Crippen molar-refractivity contribution in [2.45, 2.75) is 39.2 Å². The van der Waals surface area contributed by atoms with Crippen LogP contribution < -0.4 is 10.2 Å². The van der Waals surface area contributed by atoms with Gasteiger partial charge in [0.25, 0.3) is 0 Å². The molecule has 1 fully saturated rings. The molecule has 1 unspecified atom stereocenters. The zero-order chi connectivity index (χ0) is 14.4. The SMILES string of the molecule is CCC1CCCN(c2cc(NC)nc(COC)n2)CC1. The average molecular weight is 278 g/mol. The van der Waals surface area contributed by atoms with Gasteiger partial charge in [-0.3, -0.25) is 0 Å². The summed E-state index contributed by atoms with van der Waals surface area (Å²) in [7, 11) is 3.56. The van der Waals surface area contributed by atoms with E-state index in [4.69, 9.17) is 4.74 Å². The quantitative estimate of drug-likeness (QED) is 0.897. The van der Waals surface area contributed by atoms with Crippen molar-refractivity contribution in [2.24, 2.45) is 5.92 Å². The van der Waals surface area contributed by atoms with Crippen molar-refractivity contribution in [3.05, 3.63) is 11.9 Å². The van der Waals surface area contributed by atoms with Crippen LogP contribution in [0.2, 0.25) is 0 Å². The molecule has 1 N–H and O–H groups in total. The van der Waals surface area contributed by atoms with Crippen LogP contribution in [0.3, 0.4) is 0 Å². The van der Waals surface area contributed by atoms with Crippen LogP contribution in [-0.4, -0.2) is 37.2 Å². The maximum absolute atomic E-state index is 5.16. The van der Waals surface area contributed by atoms with Crippen LogP contribution in [0.15, 0.2) is 6.07 Å². The predicted molar refractivity (Wildman–Crippen MR) is 82.1 cm³/mol. The van der Waals surface area contributed by atoms with Gasteiger partial charge in [-0.2, -0.15) is 0 Å². The van der Waals surface area contributed by atoms with E-state index in [1.54, 1.807) is 7.11 Å². The van der Waals surface area contributed by atoms with Gasteiger partial charge in [-0.1, -0.05) is 13.3 Å². The number of aromatic nitrogens is 2. The van der Waals surface area contributed by atoms with Crippen LogP contribution in [0, 0.1) is 5.92 Å². The minimum Gasteiger partial charge on any atom is -0.377 e. The van der Waals surface area contributed by atoms with Crippen LogP contribution >= 0.6 is 0 Å². The van der Waals surface area contributed by atoms with Gasteiger partial charge in [0, 0.05) is 33.3 Å². The van der Waals surface area contributed by atoms with Crippen molar-refractivity contribution in [3.8, 4) is 0 Å². The van der Waals surface area contributed by atoms with E-state index in [0.717, 1.165) is 36.5 Å². The molecule has 5 nitrogen and oxygen atoms in total. The molecule has 1 atom stereocenters. The smallest absolute Gasteiger partial charge is 0.158 e. The molecule has 0 spiro atoms. The Hall–Kier alpha value is -1.36. The predicted octanol–water partition coefficient (Wildman–Crippen LogP) is 2.68. The molecular formula is C15H26N4O. The Labute approximate surface area is 121 Å². The fourth-order valence-electron chi connectivity index (χ4n) is 2.77. The highest BCUT2D eigenvalue weighted by molar-refractivity contribution is 5.49. The molecule has 1 aliphatic rings. The van der Waals surface area contributed by atoms with Gasteiger partial charge in [0.2, 0.25) is 0 Å². The third kappa shape index (κ3) is 3.82. The third-order valence-electron chi connectivity index (χ3n) is 4.04. The highest BCUT2D eigenvalue weighted by atomic mass is 16.5. The lowest BCUT2D eigenvalue weighted by atomic mass is 9.98. The second-order valence-corrected chi connectivity index (χ2v) is 5.40. The van der Waals surface area contributed by atoms with Crippen LogP contribution in [0.4, 0.5) is 11.6 Å². The summed E-state index contributed by atoms with van der Waals surface area (Å²) in [5.74, 6) is 3.49. The molecule has 1 aromatic rings. The number of anilines is 2.